The summed E-state index contributed by atoms with van der Waals surface area (Å²) in [6.45, 7) is 5.40. The van der Waals surface area contributed by atoms with Crippen LogP contribution in [0, 0.1) is 18.7 Å². The molecule has 148 valence electrons. The Kier molecular flexibility index (Phi) is 6.45. The predicted molar refractivity (Wildman–Crippen MR) is 108 cm³/mol. The average Bonchev–Trinajstić information content (AvgIpc) is 3.14. The molecule has 2 aromatic carbocycles. The monoisotopic (exact) mass is 382 g/mol. The summed E-state index contributed by atoms with van der Waals surface area (Å²) in [6.07, 6.45) is 1.91. The molecule has 1 aliphatic heterocycles. The minimum Gasteiger partial charge on any atom is -0.356 e. The molecule has 0 aromatic heterocycles. The summed E-state index contributed by atoms with van der Waals surface area (Å²) >= 11 is 0. The number of amides is 2. The summed E-state index contributed by atoms with van der Waals surface area (Å²) in [5.74, 6) is -1.09. The number of rotatable bonds is 6. The number of carbonyl (C=O) groups excluding carboxylic acids is 2. The maximum absolute atomic E-state index is 13.8. The molecule has 2 amide bonds. The molecule has 2 atom stereocenters. The number of hydrogen-bond acceptors (Lipinski definition) is 2. The van der Waals surface area contributed by atoms with E-state index in [0.29, 0.717) is 25.2 Å². The molecule has 1 aliphatic rings. The Hall–Kier alpha value is -2.69. The molecule has 4 nitrogen and oxygen atoms in total. The third kappa shape index (κ3) is 4.58. The molecular formula is C23H27FN2O2. The Morgan fingerprint density at radius 1 is 1.14 bits per heavy atom. The Balaban J connectivity index is 1.82. The molecule has 1 saturated heterocycles. The third-order valence-electron chi connectivity index (χ3n) is 5.35. The Morgan fingerprint density at radius 3 is 2.57 bits per heavy atom. The van der Waals surface area contributed by atoms with E-state index in [1.54, 1.807) is 11.0 Å². The number of carbonyl (C=O) groups is 2. The fourth-order valence-electron chi connectivity index (χ4n) is 3.71. The van der Waals surface area contributed by atoms with Gasteiger partial charge in [0.2, 0.25) is 5.91 Å². The quantitative estimate of drug-likeness (QED) is 0.770. The number of hydrogen-bond donors (Lipinski definition) is 1. The second-order valence-electron chi connectivity index (χ2n) is 7.49. The van der Waals surface area contributed by atoms with Crippen LogP contribution in [0.1, 0.15) is 47.2 Å². The first-order chi connectivity index (χ1) is 13.5. The molecule has 2 aromatic rings. The van der Waals surface area contributed by atoms with Crippen molar-refractivity contribution in [1.82, 2.24) is 10.2 Å². The maximum atomic E-state index is 13.8. The van der Waals surface area contributed by atoms with Gasteiger partial charge in [-0.2, -0.15) is 0 Å². The largest absolute Gasteiger partial charge is 0.356 e. The molecule has 5 heteroatoms. The highest BCUT2D eigenvalue weighted by Crippen LogP contribution is 2.34. The average molecular weight is 382 g/mol. The normalized spacial score (nSPS) is 18.9. The highest BCUT2D eigenvalue weighted by Gasteiger charge is 2.40. The molecular weight excluding hydrogens is 355 g/mol. The number of nitrogens with one attached hydrogen (secondary N) is 1. The molecule has 3 rings (SSSR count). The minimum atomic E-state index is -0.381. The maximum Gasteiger partial charge on any atom is 0.253 e. The summed E-state index contributed by atoms with van der Waals surface area (Å²) < 4.78 is 13.8. The van der Waals surface area contributed by atoms with E-state index in [2.05, 4.69) is 12.2 Å². The van der Waals surface area contributed by atoms with E-state index < -0.39 is 0 Å². The van der Waals surface area contributed by atoms with Crippen molar-refractivity contribution in [3.63, 3.8) is 0 Å². The lowest BCUT2D eigenvalue weighted by molar-refractivity contribution is -0.124. The van der Waals surface area contributed by atoms with Gasteiger partial charge in [-0.25, -0.2) is 4.39 Å². The lowest BCUT2D eigenvalue weighted by atomic mass is 9.88. The zero-order valence-corrected chi connectivity index (χ0v) is 16.5. The van der Waals surface area contributed by atoms with Gasteiger partial charge in [-0.15, -0.1) is 0 Å². The fourth-order valence-corrected chi connectivity index (χ4v) is 3.71. The first-order valence-corrected chi connectivity index (χ1v) is 9.88. The van der Waals surface area contributed by atoms with E-state index >= 15 is 0 Å². The summed E-state index contributed by atoms with van der Waals surface area (Å²) in [6, 6.07) is 13.8. The molecule has 2 unspecified atom stereocenters. The van der Waals surface area contributed by atoms with Crippen molar-refractivity contribution in [1.29, 1.82) is 0 Å². The fraction of sp³-hybridized carbons (Fsp3) is 0.391. The molecule has 1 heterocycles. The Bertz CT molecular complexity index is 835. The van der Waals surface area contributed by atoms with E-state index in [9.17, 15) is 14.0 Å². The topological polar surface area (TPSA) is 49.4 Å². The summed E-state index contributed by atoms with van der Waals surface area (Å²) in [7, 11) is 0. The van der Waals surface area contributed by atoms with Gasteiger partial charge in [-0.05, 0) is 43.2 Å². The number of nitrogens with zero attached hydrogens (tertiary/aromatic N) is 1. The zero-order chi connectivity index (χ0) is 20.1. The first-order valence-electron chi connectivity index (χ1n) is 9.88. The van der Waals surface area contributed by atoms with E-state index in [-0.39, 0.29) is 29.5 Å². The second-order valence-corrected chi connectivity index (χ2v) is 7.49. The van der Waals surface area contributed by atoms with Gasteiger partial charge in [0.1, 0.15) is 5.82 Å². The van der Waals surface area contributed by atoms with Crippen LogP contribution in [0.3, 0.4) is 0 Å². The Morgan fingerprint density at radius 2 is 1.89 bits per heavy atom. The molecule has 0 saturated carbocycles. The van der Waals surface area contributed by atoms with Crippen LogP contribution < -0.4 is 5.32 Å². The molecule has 1 fully saturated rings. The second kappa shape index (κ2) is 9.00. The van der Waals surface area contributed by atoms with Gasteiger partial charge in [-0.3, -0.25) is 9.59 Å². The van der Waals surface area contributed by atoms with Gasteiger partial charge in [0.15, 0.2) is 0 Å². The highest BCUT2D eigenvalue weighted by atomic mass is 19.1. The number of aryl methyl sites for hydroxylation is 1. The summed E-state index contributed by atoms with van der Waals surface area (Å²) in [4.78, 5) is 27.5. The van der Waals surface area contributed by atoms with Crippen LogP contribution in [0.5, 0.6) is 0 Å². The van der Waals surface area contributed by atoms with Gasteiger partial charge in [0.05, 0.1) is 5.92 Å². The highest BCUT2D eigenvalue weighted by molar-refractivity contribution is 5.95. The van der Waals surface area contributed by atoms with Crippen LogP contribution >= 0.6 is 0 Å². The molecule has 0 bridgehead atoms. The number of halogens is 1. The van der Waals surface area contributed by atoms with E-state index in [1.807, 2.05) is 37.3 Å². The van der Waals surface area contributed by atoms with Crippen molar-refractivity contribution in [3.8, 4) is 0 Å². The van der Waals surface area contributed by atoms with E-state index in [1.165, 1.54) is 12.1 Å². The van der Waals surface area contributed by atoms with Crippen molar-refractivity contribution < 1.29 is 14.0 Å². The lowest BCUT2D eigenvalue weighted by Crippen LogP contribution is -2.36. The standard InChI is InChI=1S/C23H27FN2O2/c1-3-4-12-25-22(27)21-15-26(23(28)17-10-8-16(2)9-11-17)14-20(21)18-6-5-7-19(24)13-18/h5-11,13,20-21H,3-4,12,14-15H2,1-2H3,(H,25,27). The number of unbranched alkanes of at least 4 members (excludes halogenated alkanes) is 1. The summed E-state index contributed by atoms with van der Waals surface area (Å²) in [5.41, 5.74) is 2.45. The molecule has 0 radical (unpaired) electrons. The predicted octanol–water partition coefficient (Wildman–Crippen LogP) is 3.91. The van der Waals surface area contributed by atoms with Crippen LogP contribution in [-0.2, 0) is 4.79 Å². The van der Waals surface area contributed by atoms with E-state index in [0.717, 1.165) is 24.0 Å². The van der Waals surface area contributed by atoms with Crippen LogP contribution in [0.4, 0.5) is 4.39 Å². The third-order valence-corrected chi connectivity index (χ3v) is 5.35. The number of benzene rings is 2. The summed E-state index contributed by atoms with van der Waals surface area (Å²) in [5, 5.41) is 2.98. The van der Waals surface area contributed by atoms with Gasteiger partial charge in [0.25, 0.3) is 5.91 Å². The molecule has 1 N–H and O–H groups in total. The van der Waals surface area contributed by atoms with Crippen LogP contribution in [0.25, 0.3) is 0 Å². The SMILES string of the molecule is CCCCNC(=O)C1CN(C(=O)c2ccc(C)cc2)CC1c1cccc(F)c1. The van der Waals surface area contributed by atoms with Crippen LogP contribution in [0.2, 0.25) is 0 Å². The molecule has 0 aliphatic carbocycles. The van der Waals surface area contributed by atoms with Gasteiger partial charge >= 0.3 is 0 Å². The van der Waals surface area contributed by atoms with Crippen molar-refractivity contribution in [2.24, 2.45) is 5.92 Å². The first kappa shape index (κ1) is 20.1. The van der Waals surface area contributed by atoms with Gasteiger partial charge in [0, 0.05) is 31.1 Å². The van der Waals surface area contributed by atoms with E-state index in [4.69, 9.17) is 0 Å². The van der Waals surface area contributed by atoms with Gasteiger partial charge in [-0.1, -0.05) is 43.2 Å². The van der Waals surface area contributed by atoms with Crippen molar-refractivity contribution in [2.45, 2.75) is 32.6 Å². The van der Waals surface area contributed by atoms with Gasteiger partial charge < -0.3 is 10.2 Å². The number of likely N-dealkylation sites (tertiary alicyclic amines) is 1. The smallest absolute Gasteiger partial charge is 0.253 e. The lowest BCUT2D eigenvalue weighted by Gasteiger charge is -2.18. The molecule has 28 heavy (non-hydrogen) atoms. The van der Waals surface area contributed by atoms with Crippen molar-refractivity contribution >= 4 is 11.8 Å². The van der Waals surface area contributed by atoms with Crippen LogP contribution in [0.15, 0.2) is 48.5 Å². The Labute approximate surface area is 165 Å². The molecule has 0 spiro atoms. The van der Waals surface area contributed by atoms with Crippen molar-refractivity contribution in [3.05, 3.63) is 71.0 Å². The van der Waals surface area contributed by atoms with Crippen LogP contribution in [-0.4, -0.2) is 36.3 Å². The zero-order valence-electron chi connectivity index (χ0n) is 16.5. The van der Waals surface area contributed by atoms with Crippen molar-refractivity contribution in [2.75, 3.05) is 19.6 Å². The minimum absolute atomic E-state index is 0.0677.